The first kappa shape index (κ1) is 21.3. The normalized spacial score (nSPS) is 15.2. The number of aliphatic hydroxyl groups is 1. The number of carbonyl (C=O) groups is 1. The van der Waals surface area contributed by atoms with Gasteiger partial charge in [0, 0.05) is 11.8 Å². The van der Waals surface area contributed by atoms with Crippen LogP contribution in [0.2, 0.25) is 0 Å². The molecule has 29 heavy (non-hydrogen) atoms. The SMILES string of the molecule is COc1ccc(N2C(=O)C(=Cc3ccc(SCCO)c([N+](=O)[O-])c3)SC2=S)cc1. The Hall–Kier alpha value is -2.40. The van der Waals surface area contributed by atoms with Gasteiger partial charge in [-0.05, 0) is 42.0 Å². The van der Waals surface area contributed by atoms with Crippen LogP contribution < -0.4 is 9.64 Å². The molecule has 1 aliphatic rings. The van der Waals surface area contributed by atoms with Gasteiger partial charge in [0.2, 0.25) is 0 Å². The standard InChI is InChI=1S/C19H16N2O5S3/c1-26-14-5-3-13(4-6-14)20-18(23)17(29-19(20)27)11-12-2-7-16(28-9-8-22)15(10-12)21(24)25/h2-7,10-11,22H,8-9H2,1H3. The van der Waals surface area contributed by atoms with Gasteiger partial charge in [-0.3, -0.25) is 19.8 Å². The van der Waals surface area contributed by atoms with E-state index < -0.39 is 4.92 Å². The van der Waals surface area contributed by atoms with Crippen LogP contribution in [0.25, 0.3) is 6.08 Å². The zero-order valence-corrected chi connectivity index (χ0v) is 17.7. The van der Waals surface area contributed by atoms with Crippen molar-refractivity contribution in [2.24, 2.45) is 0 Å². The van der Waals surface area contributed by atoms with Crippen LogP contribution in [0.5, 0.6) is 5.75 Å². The molecular weight excluding hydrogens is 432 g/mol. The molecule has 0 saturated carbocycles. The third-order valence-electron chi connectivity index (χ3n) is 3.95. The van der Waals surface area contributed by atoms with Crippen molar-refractivity contribution < 1.29 is 19.6 Å². The summed E-state index contributed by atoms with van der Waals surface area (Å²) in [6, 6.07) is 11.7. The summed E-state index contributed by atoms with van der Waals surface area (Å²) in [5.74, 6) is 0.744. The first-order valence-corrected chi connectivity index (χ1v) is 10.6. The molecule has 1 heterocycles. The lowest BCUT2D eigenvalue weighted by atomic mass is 10.2. The van der Waals surface area contributed by atoms with Crippen molar-refractivity contribution in [3.05, 3.63) is 63.0 Å². The molecule has 1 saturated heterocycles. The van der Waals surface area contributed by atoms with E-state index in [1.807, 2.05) is 0 Å². The number of nitrogens with zero attached hydrogens (tertiary/aromatic N) is 2. The lowest BCUT2D eigenvalue weighted by Gasteiger charge is -2.14. The lowest BCUT2D eigenvalue weighted by Crippen LogP contribution is -2.27. The predicted molar refractivity (Wildman–Crippen MR) is 120 cm³/mol. The number of ether oxygens (including phenoxy) is 1. The molecule has 0 aromatic heterocycles. The van der Waals surface area contributed by atoms with Crippen LogP contribution in [-0.4, -0.2) is 39.7 Å². The van der Waals surface area contributed by atoms with E-state index in [4.69, 9.17) is 22.1 Å². The van der Waals surface area contributed by atoms with Crippen molar-refractivity contribution in [3.63, 3.8) is 0 Å². The molecule has 3 rings (SSSR count). The monoisotopic (exact) mass is 448 g/mol. The van der Waals surface area contributed by atoms with Crippen molar-refractivity contribution >= 4 is 63.4 Å². The summed E-state index contributed by atoms with van der Waals surface area (Å²) in [4.78, 5) is 26.0. The molecule has 150 valence electrons. The van der Waals surface area contributed by atoms with Crippen LogP contribution in [0.3, 0.4) is 0 Å². The highest BCUT2D eigenvalue weighted by Crippen LogP contribution is 2.37. The molecule has 0 aliphatic carbocycles. The summed E-state index contributed by atoms with van der Waals surface area (Å²) in [5.41, 5.74) is 1.08. The van der Waals surface area contributed by atoms with Crippen molar-refractivity contribution in [2.75, 3.05) is 24.4 Å². The maximum absolute atomic E-state index is 12.9. The zero-order chi connectivity index (χ0) is 21.0. The van der Waals surface area contributed by atoms with Gasteiger partial charge in [-0.25, -0.2) is 0 Å². The van der Waals surface area contributed by atoms with Gasteiger partial charge >= 0.3 is 0 Å². The fraction of sp³-hybridized carbons (Fsp3) is 0.158. The molecule has 1 aliphatic heterocycles. The van der Waals surface area contributed by atoms with E-state index in [1.54, 1.807) is 49.6 Å². The van der Waals surface area contributed by atoms with Crippen LogP contribution in [0, 0.1) is 10.1 Å². The average molecular weight is 449 g/mol. The number of hydrogen-bond acceptors (Lipinski definition) is 8. The number of nitro groups is 1. The van der Waals surface area contributed by atoms with Gasteiger partial charge < -0.3 is 9.84 Å². The molecule has 0 radical (unpaired) electrons. The number of benzene rings is 2. The smallest absolute Gasteiger partial charge is 0.283 e. The first-order valence-electron chi connectivity index (χ1n) is 8.38. The molecule has 0 bridgehead atoms. The number of nitro benzene ring substituents is 1. The Morgan fingerprint density at radius 1 is 1.31 bits per heavy atom. The number of methoxy groups -OCH3 is 1. The largest absolute Gasteiger partial charge is 0.497 e. The molecule has 0 unspecified atom stereocenters. The van der Waals surface area contributed by atoms with Crippen molar-refractivity contribution in [3.8, 4) is 5.75 Å². The summed E-state index contributed by atoms with van der Waals surface area (Å²) in [6.45, 7) is -0.0720. The topological polar surface area (TPSA) is 92.9 Å². The highest BCUT2D eigenvalue weighted by atomic mass is 32.2. The van der Waals surface area contributed by atoms with E-state index in [0.717, 1.165) is 11.8 Å². The minimum absolute atomic E-state index is 0.0668. The van der Waals surface area contributed by atoms with E-state index in [2.05, 4.69) is 0 Å². The molecule has 10 heteroatoms. The van der Waals surface area contributed by atoms with Crippen LogP contribution in [0.4, 0.5) is 11.4 Å². The van der Waals surface area contributed by atoms with Gasteiger partial charge in [-0.2, -0.15) is 0 Å². The Kier molecular flexibility index (Phi) is 6.91. The number of anilines is 1. The van der Waals surface area contributed by atoms with Crippen molar-refractivity contribution in [1.29, 1.82) is 0 Å². The van der Waals surface area contributed by atoms with Gasteiger partial charge in [0.1, 0.15) is 5.75 Å². The molecule has 0 spiro atoms. The average Bonchev–Trinajstić information content (AvgIpc) is 3.00. The molecule has 7 nitrogen and oxygen atoms in total. The second kappa shape index (κ2) is 9.40. The summed E-state index contributed by atoms with van der Waals surface area (Å²) < 4.78 is 5.51. The minimum Gasteiger partial charge on any atom is -0.497 e. The maximum atomic E-state index is 12.9. The van der Waals surface area contributed by atoms with Gasteiger partial charge in [-0.1, -0.05) is 30.0 Å². The van der Waals surface area contributed by atoms with Crippen LogP contribution in [0.1, 0.15) is 5.56 Å². The number of thioether (sulfide) groups is 2. The second-order valence-corrected chi connectivity index (χ2v) is 8.58. The zero-order valence-electron chi connectivity index (χ0n) is 15.2. The summed E-state index contributed by atoms with van der Waals surface area (Å²) in [7, 11) is 1.56. The van der Waals surface area contributed by atoms with Crippen LogP contribution >= 0.6 is 35.7 Å². The van der Waals surface area contributed by atoms with Crippen molar-refractivity contribution in [2.45, 2.75) is 4.90 Å². The summed E-state index contributed by atoms with van der Waals surface area (Å²) >= 11 is 7.70. The predicted octanol–water partition coefficient (Wildman–Crippen LogP) is 4.09. The highest BCUT2D eigenvalue weighted by Gasteiger charge is 2.33. The Bertz CT molecular complexity index is 992. The van der Waals surface area contributed by atoms with Crippen LogP contribution in [-0.2, 0) is 4.79 Å². The molecule has 1 fully saturated rings. The van der Waals surface area contributed by atoms with Crippen LogP contribution in [0.15, 0.2) is 52.3 Å². The second-order valence-electron chi connectivity index (χ2n) is 5.77. The van der Waals surface area contributed by atoms with Crippen molar-refractivity contribution in [1.82, 2.24) is 0 Å². The number of aliphatic hydroxyl groups excluding tert-OH is 1. The van der Waals surface area contributed by atoms with Gasteiger partial charge in [0.15, 0.2) is 4.32 Å². The Morgan fingerprint density at radius 2 is 2.03 bits per heavy atom. The summed E-state index contributed by atoms with van der Waals surface area (Å²) in [6.07, 6.45) is 1.59. The molecule has 0 atom stereocenters. The molecule has 1 amide bonds. The molecule has 1 N–H and O–H groups in total. The number of hydrogen-bond donors (Lipinski definition) is 1. The Balaban J connectivity index is 1.88. The molecular formula is C19H16N2O5S3. The van der Waals surface area contributed by atoms with Gasteiger partial charge in [0.25, 0.3) is 11.6 Å². The van der Waals surface area contributed by atoms with E-state index >= 15 is 0 Å². The molecule has 2 aromatic rings. The third kappa shape index (κ3) is 4.78. The number of thiocarbonyl (C=S) groups is 1. The Morgan fingerprint density at radius 3 is 2.66 bits per heavy atom. The number of rotatable bonds is 7. The minimum atomic E-state index is -0.473. The maximum Gasteiger partial charge on any atom is 0.283 e. The fourth-order valence-electron chi connectivity index (χ4n) is 2.62. The third-order valence-corrected chi connectivity index (χ3v) is 6.30. The highest BCUT2D eigenvalue weighted by molar-refractivity contribution is 8.27. The van der Waals surface area contributed by atoms with E-state index in [0.29, 0.717) is 36.9 Å². The summed E-state index contributed by atoms with van der Waals surface area (Å²) in [5, 5.41) is 20.3. The Labute approximate surface area is 180 Å². The van der Waals surface area contributed by atoms with E-state index in [9.17, 15) is 14.9 Å². The first-order chi connectivity index (χ1) is 13.9. The van der Waals surface area contributed by atoms with Gasteiger partial charge in [0.05, 0.1) is 34.1 Å². The fourth-order valence-corrected chi connectivity index (χ4v) is 4.67. The van der Waals surface area contributed by atoms with E-state index in [-0.39, 0.29) is 18.2 Å². The van der Waals surface area contributed by atoms with E-state index in [1.165, 1.54) is 22.7 Å². The quantitative estimate of drug-likeness (QED) is 0.223. The lowest BCUT2D eigenvalue weighted by molar-refractivity contribution is -0.387. The molecule has 2 aromatic carbocycles. The number of amides is 1. The number of carbonyl (C=O) groups excluding carboxylic acids is 1. The van der Waals surface area contributed by atoms with Gasteiger partial charge in [-0.15, -0.1) is 11.8 Å².